The van der Waals surface area contributed by atoms with E-state index in [9.17, 15) is 5.11 Å². The number of benzene rings is 1. The summed E-state index contributed by atoms with van der Waals surface area (Å²) < 4.78 is 6.08. The Balaban J connectivity index is 1.56. The number of rotatable bonds is 4. The van der Waals surface area contributed by atoms with E-state index in [4.69, 9.17) is 16.3 Å². The second-order valence-corrected chi connectivity index (χ2v) is 6.98. The van der Waals surface area contributed by atoms with E-state index >= 15 is 0 Å². The van der Waals surface area contributed by atoms with Crippen molar-refractivity contribution in [1.82, 2.24) is 9.97 Å². The van der Waals surface area contributed by atoms with Crippen molar-refractivity contribution in [2.24, 2.45) is 0 Å². The lowest BCUT2D eigenvalue weighted by molar-refractivity contribution is 0.0537. The lowest BCUT2D eigenvalue weighted by Crippen LogP contribution is -2.28. The average Bonchev–Trinajstić information content (AvgIpc) is 2.64. The number of fused-ring (bicyclic) bond motifs is 1. The van der Waals surface area contributed by atoms with Gasteiger partial charge in [-0.1, -0.05) is 11.6 Å². The number of aliphatic hydroxyl groups is 1. The summed E-state index contributed by atoms with van der Waals surface area (Å²) in [6, 6.07) is 11.5. The summed E-state index contributed by atoms with van der Waals surface area (Å²) in [6.07, 6.45) is 6.84. The summed E-state index contributed by atoms with van der Waals surface area (Å²) in [6.45, 7) is 0. The maximum Gasteiger partial charge on any atom is 0.138 e. The molecule has 26 heavy (non-hydrogen) atoms. The van der Waals surface area contributed by atoms with Gasteiger partial charge in [0.2, 0.25) is 0 Å². The molecule has 2 heterocycles. The summed E-state index contributed by atoms with van der Waals surface area (Å²) in [5.41, 5.74) is 0.825. The number of ether oxygens (including phenoxy) is 1. The van der Waals surface area contributed by atoms with Gasteiger partial charge in [-0.3, -0.25) is 0 Å². The van der Waals surface area contributed by atoms with Crippen LogP contribution in [0.4, 0.5) is 11.5 Å². The van der Waals surface area contributed by atoms with Crippen LogP contribution < -0.4 is 10.1 Å². The minimum atomic E-state index is -0.248. The van der Waals surface area contributed by atoms with Crippen LogP contribution in [0, 0.1) is 0 Å². The molecule has 0 bridgehead atoms. The zero-order chi connectivity index (χ0) is 17.9. The van der Waals surface area contributed by atoms with Crippen molar-refractivity contribution in [2.45, 2.75) is 37.9 Å². The van der Waals surface area contributed by atoms with Crippen LogP contribution in [0.15, 0.2) is 48.8 Å². The quantitative estimate of drug-likeness (QED) is 0.652. The van der Waals surface area contributed by atoms with Crippen LogP contribution >= 0.6 is 11.6 Å². The molecule has 0 amide bonds. The van der Waals surface area contributed by atoms with Crippen molar-refractivity contribution in [3.63, 3.8) is 0 Å². The number of hydrogen-bond acceptors (Lipinski definition) is 5. The van der Waals surface area contributed by atoms with Gasteiger partial charge in [-0.05, 0) is 61.0 Å². The number of halogens is 1. The van der Waals surface area contributed by atoms with Crippen molar-refractivity contribution < 1.29 is 9.84 Å². The third kappa shape index (κ3) is 3.89. The van der Waals surface area contributed by atoms with Crippen molar-refractivity contribution in [2.75, 3.05) is 5.32 Å². The zero-order valence-electron chi connectivity index (χ0n) is 14.2. The molecular formula is C20H20ClN3O2. The van der Waals surface area contributed by atoms with E-state index in [1.165, 1.54) is 0 Å². The van der Waals surface area contributed by atoms with E-state index in [0.717, 1.165) is 47.3 Å². The number of aromatic nitrogens is 2. The monoisotopic (exact) mass is 369 g/mol. The van der Waals surface area contributed by atoms with Crippen molar-refractivity contribution in [3.05, 3.63) is 53.9 Å². The first-order valence-electron chi connectivity index (χ1n) is 8.79. The number of hydrogen-bond donors (Lipinski definition) is 2. The van der Waals surface area contributed by atoms with Crippen LogP contribution in [0.2, 0.25) is 5.15 Å². The first-order chi connectivity index (χ1) is 12.7. The predicted octanol–water partition coefficient (Wildman–Crippen LogP) is 4.71. The van der Waals surface area contributed by atoms with Crippen LogP contribution in [0.5, 0.6) is 5.75 Å². The van der Waals surface area contributed by atoms with Gasteiger partial charge in [0.1, 0.15) is 22.8 Å². The van der Waals surface area contributed by atoms with E-state index in [1.54, 1.807) is 18.5 Å². The van der Waals surface area contributed by atoms with E-state index in [-0.39, 0.29) is 12.2 Å². The maximum absolute atomic E-state index is 9.81. The molecule has 0 radical (unpaired) electrons. The van der Waals surface area contributed by atoms with E-state index in [0.29, 0.717) is 11.6 Å². The van der Waals surface area contributed by atoms with Crippen LogP contribution in [0.1, 0.15) is 25.7 Å². The second-order valence-electron chi connectivity index (χ2n) is 6.60. The molecule has 1 saturated carbocycles. The fourth-order valence-corrected chi connectivity index (χ4v) is 3.45. The van der Waals surface area contributed by atoms with Crippen molar-refractivity contribution in [1.29, 1.82) is 0 Å². The van der Waals surface area contributed by atoms with Gasteiger partial charge in [-0.2, -0.15) is 0 Å². The molecule has 0 unspecified atom stereocenters. The van der Waals surface area contributed by atoms with Gasteiger partial charge in [-0.25, -0.2) is 9.97 Å². The van der Waals surface area contributed by atoms with E-state index in [2.05, 4.69) is 15.3 Å². The first-order valence-corrected chi connectivity index (χ1v) is 9.17. The Bertz CT molecular complexity index is 901. The van der Waals surface area contributed by atoms with Gasteiger partial charge in [0.25, 0.3) is 0 Å². The predicted molar refractivity (Wildman–Crippen MR) is 103 cm³/mol. The molecule has 1 aliphatic rings. The molecule has 6 heteroatoms. The molecule has 134 valence electrons. The van der Waals surface area contributed by atoms with Gasteiger partial charge in [-0.15, -0.1) is 0 Å². The molecule has 0 spiro atoms. The molecule has 2 aromatic heterocycles. The zero-order valence-corrected chi connectivity index (χ0v) is 15.0. The Hall–Kier alpha value is -2.37. The average molecular weight is 370 g/mol. The van der Waals surface area contributed by atoms with Crippen LogP contribution in [-0.4, -0.2) is 27.3 Å². The summed E-state index contributed by atoms with van der Waals surface area (Å²) >= 11 is 5.83. The number of nitrogens with zero attached hydrogens (tertiary/aromatic N) is 2. The van der Waals surface area contributed by atoms with E-state index < -0.39 is 0 Å². The number of pyridine rings is 2. The van der Waals surface area contributed by atoms with Gasteiger partial charge < -0.3 is 15.2 Å². The summed E-state index contributed by atoms with van der Waals surface area (Å²) in [7, 11) is 0. The first kappa shape index (κ1) is 17.1. The Kier molecular flexibility index (Phi) is 4.91. The molecule has 5 nitrogen and oxygen atoms in total. The number of aliphatic hydroxyl groups excluding tert-OH is 1. The van der Waals surface area contributed by atoms with Crippen LogP contribution in [0.25, 0.3) is 10.8 Å². The van der Waals surface area contributed by atoms with Crippen LogP contribution in [0.3, 0.4) is 0 Å². The minimum Gasteiger partial charge on any atom is -0.490 e. The molecule has 1 aromatic carbocycles. The molecule has 4 rings (SSSR count). The third-order valence-electron chi connectivity index (χ3n) is 4.63. The minimum absolute atomic E-state index is 0.0794. The fraction of sp³-hybridized carbons (Fsp3) is 0.300. The molecule has 2 N–H and O–H groups in total. The Morgan fingerprint density at radius 2 is 2.04 bits per heavy atom. The maximum atomic E-state index is 9.81. The number of nitrogens with one attached hydrogen (secondary N) is 1. The molecular weight excluding hydrogens is 350 g/mol. The molecule has 2 atom stereocenters. The molecule has 1 fully saturated rings. The van der Waals surface area contributed by atoms with Gasteiger partial charge in [0.15, 0.2) is 0 Å². The lowest BCUT2D eigenvalue weighted by Gasteiger charge is -2.26. The standard InChI is InChI=1S/C20H20ClN3O2/c21-19-7-4-14(12-23-19)24-20-18-6-5-17(10-13(18)8-9-22-20)26-16-3-1-2-15(25)11-16/h4-10,12,15-16,25H,1-3,11H2,(H,22,24)/t15-,16+/m0/s1. The van der Waals surface area contributed by atoms with Gasteiger partial charge in [0, 0.05) is 18.0 Å². The topological polar surface area (TPSA) is 67.3 Å². The Morgan fingerprint density at radius 3 is 2.85 bits per heavy atom. The normalized spacial score (nSPS) is 20.1. The highest BCUT2D eigenvalue weighted by Crippen LogP contribution is 2.30. The van der Waals surface area contributed by atoms with Crippen molar-refractivity contribution in [3.8, 4) is 5.75 Å². The summed E-state index contributed by atoms with van der Waals surface area (Å²) in [5, 5.41) is 15.6. The van der Waals surface area contributed by atoms with E-state index in [1.807, 2.05) is 30.3 Å². The Labute approximate surface area is 157 Å². The Morgan fingerprint density at radius 1 is 1.12 bits per heavy atom. The highest BCUT2D eigenvalue weighted by Gasteiger charge is 2.21. The largest absolute Gasteiger partial charge is 0.490 e. The summed E-state index contributed by atoms with van der Waals surface area (Å²) in [4.78, 5) is 8.51. The molecule has 1 aliphatic carbocycles. The third-order valence-corrected chi connectivity index (χ3v) is 4.85. The highest BCUT2D eigenvalue weighted by atomic mass is 35.5. The highest BCUT2D eigenvalue weighted by molar-refractivity contribution is 6.29. The summed E-state index contributed by atoms with van der Waals surface area (Å²) in [5.74, 6) is 1.58. The van der Waals surface area contributed by atoms with Crippen molar-refractivity contribution >= 4 is 33.9 Å². The van der Waals surface area contributed by atoms with Crippen LogP contribution in [-0.2, 0) is 0 Å². The SMILES string of the molecule is O[C@H]1CCC[C@@H](Oc2ccc3c(Nc4ccc(Cl)nc4)nccc3c2)C1. The second kappa shape index (κ2) is 7.48. The number of anilines is 2. The van der Waals surface area contributed by atoms with Gasteiger partial charge >= 0.3 is 0 Å². The molecule has 0 aliphatic heterocycles. The molecule has 0 saturated heterocycles. The van der Waals surface area contributed by atoms with Gasteiger partial charge in [0.05, 0.1) is 18.0 Å². The fourth-order valence-electron chi connectivity index (χ4n) is 3.34. The lowest BCUT2D eigenvalue weighted by atomic mass is 9.95. The molecule has 3 aromatic rings. The smallest absolute Gasteiger partial charge is 0.138 e.